The van der Waals surface area contributed by atoms with Crippen LogP contribution in [-0.2, 0) is 28.3 Å². The standard InChI is InChI=1S/C33H40N2O2S/c1-25-17-19-28(20-18-25)22-35(32(36)24-38-23-29-14-10-9-11-26(29)2)31(21-27-12-5-3-6-13-27)33(37)34-30-15-7-4-8-16-30/h3,5-6,9-14,17-20,30-31H,4,7-8,15-16,21-24H2,1-2H3,(H,34,37)/t31-/m0/s1. The van der Waals surface area contributed by atoms with E-state index in [2.05, 4.69) is 55.6 Å². The molecule has 1 saturated carbocycles. The summed E-state index contributed by atoms with van der Waals surface area (Å²) in [6, 6.07) is 26.3. The highest BCUT2D eigenvalue weighted by atomic mass is 32.2. The fourth-order valence-corrected chi connectivity index (χ4v) is 6.08. The zero-order chi connectivity index (χ0) is 26.7. The molecule has 3 aromatic carbocycles. The van der Waals surface area contributed by atoms with Gasteiger partial charge in [-0.05, 0) is 48.9 Å². The molecule has 0 radical (unpaired) electrons. The zero-order valence-electron chi connectivity index (χ0n) is 22.7. The lowest BCUT2D eigenvalue weighted by molar-refractivity contribution is -0.139. The molecule has 4 rings (SSSR count). The van der Waals surface area contributed by atoms with Crippen LogP contribution in [0.2, 0.25) is 0 Å². The van der Waals surface area contributed by atoms with Crippen molar-refractivity contribution in [2.24, 2.45) is 0 Å². The second-order valence-electron chi connectivity index (χ2n) is 10.5. The third-order valence-corrected chi connectivity index (χ3v) is 8.41. The van der Waals surface area contributed by atoms with Crippen LogP contribution in [0.3, 0.4) is 0 Å². The summed E-state index contributed by atoms with van der Waals surface area (Å²) >= 11 is 1.62. The lowest BCUT2D eigenvalue weighted by Gasteiger charge is -2.33. The molecular weight excluding hydrogens is 488 g/mol. The Morgan fingerprint density at radius 3 is 2.26 bits per heavy atom. The van der Waals surface area contributed by atoms with Crippen molar-refractivity contribution in [3.8, 4) is 0 Å². The van der Waals surface area contributed by atoms with E-state index in [0.717, 1.165) is 42.6 Å². The number of nitrogens with one attached hydrogen (secondary N) is 1. The fourth-order valence-electron chi connectivity index (χ4n) is 5.09. The quantitative estimate of drug-likeness (QED) is 0.304. The van der Waals surface area contributed by atoms with Crippen molar-refractivity contribution in [1.82, 2.24) is 10.2 Å². The van der Waals surface area contributed by atoms with Crippen LogP contribution in [0.5, 0.6) is 0 Å². The van der Waals surface area contributed by atoms with Crippen LogP contribution in [0.4, 0.5) is 0 Å². The lowest BCUT2D eigenvalue weighted by atomic mass is 9.94. The molecule has 1 aliphatic rings. The second kappa shape index (κ2) is 14.2. The van der Waals surface area contributed by atoms with Crippen molar-refractivity contribution in [3.05, 3.63) is 107 Å². The Labute approximate surface area is 232 Å². The first kappa shape index (κ1) is 28.0. The van der Waals surface area contributed by atoms with Crippen LogP contribution < -0.4 is 5.32 Å². The van der Waals surface area contributed by atoms with E-state index in [1.807, 2.05) is 47.4 Å². The first-order valence-electron chi connectivity index (χ1n) is 13.8. The van der Waals surface area contributed by atoms with Gasteiger partial charge in [-0.3, -0.25) is 9.59 Å². The number of rotatable bonds is 11. The van der Waals surface area contributed by atoms with E-state index in [1.54, 1.807) is 11.8 Å². The highest BCUT2D eigenvalue weighted by Gasteiger charge is 2.31. The normalized spacial score (nSPS) is 14.6. The Balaban J connectivity index is 1.56. The Kier molecular flexibility index (Phi) is 10.5. The summed E-state index contributed by atoms with van der Waals surface area (Å²) in [5.74, 6) is 1.07. The maximum Gasteiger partial charge on any atom is 0.243 e. The maximum absolute atomic E-state index is 13.8. The van der Waals surface area contributed by atoms with Gasteiger partial charge in [0.2, 0.25) is 11.8 Å². The van der Waals surface area contributed by atoms with Gasteiger partial charge >= 0.3 is 0 Å². The molecule has 38 heavy (non-hydrogen) atoms. The minimum absolute atomic E-state index is 0.00360. The number of amides is 2. The summed E-state index contributed by atoms with van der Waals surface area (Å²) in [6.07, 6.45) is 6.06. The average molecular weight is 529 g/mol. The van der Waals surface area contributed by atoms with Crippen LogP contribution in [0.25, 0.3) is 0 Å². The van der Waals surface area contributed by atoms with Gasteiger partial charge in [0, 0.05) is 24.8 Å². The van der Waals surface area contributed by atoms with E-state index in [0.29, 0.717) is 18.7 Å². The molecule has 200 valence electrons. The number of hydrogen-bond donors (Lipinski definition) is 1. The molecule has 1 atom stereocenters. The average Bonchev–Trinajstić information content (AvgIpc) is 2.94. The van der Waals surface area contributed by atoms with Crippen molar-refractivity contribution in [2.75, 3.05) is 5.75 Å². The maximum atomic E-state index is 13.8. The summed E-state index contributed by atoms with van der Waals surface area (Å²) in [5.41, 5.74) is 5.75. The molecule has 3 aromatic rings. The smallest absolute Gasteiger partial charge is 0.243 e. The van der Waals surface area contributed by atoms with Crippen LogP contribution in [0.1, 0.15) is 59.9 Å². The third kappa shape index (κ3) is 8.22. The van der Waals surface area contributed by atoms with Crippen LogP contribution in [-0.4, -0.2) is 34.6 Å². The van der Waals surface area contributed by atoms with E-state index in [9.17, 15) is 9.59 Å². The van der Waals surface area contributed by atoms with Gasteiger partial charge in [0.15, 0.2) is 0 Å². The highest BCUT2D eigenvalue weighted by Crippen LogP contribution is 2.22. The molecule has 0 bridgehead atoms. The molecule has 5 heteroatoms. The van der Waals surface area contributed by atoms with Crippen LogP contribution in [0, 0.1) is 13.8 Å². The summed E-state index contributed by atoms with van der Waals surface area (Å²) in [7, 11) is 0. The van der Waals surface area contributed by atoms with Gasteiger partial charge in [-0.15, -0.1) is 11.8 Å². The molecule has 0 aliphatic heterocycles. The van der Waals surface area contributed by atoms with Crippen molar-refractivity contribution in [2.45, 2.75) is 76.8 Å². The number of thioether (sulfide) groups is 1. The van der Waals surface area contributed by atoms with Gasteiger partial charge in [0.1, 0.15) is 6.04 Å². The number of nitrogens with zero attached hydrogens (tertiary/aromatic N) is 1. The van der Waals surface area contributed by atoms with Crippen molar-refractivity contribution in [1.29, 1.82) is 0 Å². The van der Waals surface area contributed by atoms with Crippen molar-refractivity contribution in [3.63, 3.8) is 0 Å². The molecule has 1 fully saturated rings. The minimum Gasteiger partial charge on any atom is -0.352 e. The lowest BCUT2D eigenvalue weighted by Crippen LogP contribution is -2.53. The topological polar surface area (TPSA) is 49.4 Å². The molecule has 1 aliphatic carbocycles. The highest BCUT2D eigenvalue weighted by molar-refractivity contribution is 7.99. The van der Waals surface area contributed by atoms with Gasteiger partial charge in [-0.25, -0.2) is 0 Å². The van der Waals surface area contributed by atoms with E-state index in [4.69, 9.17) is 0 Å². The predicted octanol–water partition coefficient (Wildman–Crippen LogP) is 6.63. The van der Waals surface area contributed by atoms with Crippen LogP contribution in [0.15, 0.2) is 78.9 Å². The monoisotopic (exact) mass is 528 g/mol. The number of carbonyl (C=O) groups is 2. The Bertz CT molecular complexity index is 1170. The largest absolute Gasteiger partial charge is 0.352 e. The number of aryl methyl sites for hydroxylation is 2. The Morgan fingerprint density at radius 2 is 1.55 bits per heavy atom. The van der Waals surface area contributed by atoms with Gasteiger partial charge in [-0.1, -0.05) is 104 Å². The summed E-state index contributed by atoms with van der Waals surface area (Å²) < 4.78 is 0. The Morgan fingerprint density at radius 1 is 0.868 bits per heavy atom. The molecule has 0 unspecified atom stereocenters. The molecule has 4 nitrogen and oxygen atoms in total. The number of carbonyl (C=O) groups excluding carboxylic acids is 2. The SMILES string of the molecule is Cc1ccc(CN(C(=O)CSCc2ccccc2C)[C@@H](Cc2ccccc2)C(=O)NC2CCCCC2)cc1. The molecule has 0 saturated heterocycles. The molecule has 0 heterocycles. The molecule has 1 N–H and O–H groups in total. The van der Waals surface area contributed by atoms with E-state index in [1.165, 1.54) is 23.1 Å². The van der Waals surface area contributed by atoms with E-state index >= 15 is 0 Å². The van der Waals surface area contributed by atoms with E-state index in [-0.39, 0.29) is 17.9 Å². The molecule has 2 amide bonds. The summed E-state index contributed by atoms with van der Waals surface area (Å²) in [4.78, 5) is 29.5. The van der Waals surface area contributed by atoms with E-state index < -0.39 is 6.04 Å². The number of hydrogen-bond acceptors (Lipinski definition) is 3. The molecular formula is C33H40N2O2S. The van der Waals surface area contributed by atoms with Gasteiger partial charge in [0.25, 0.3) is 0 Å². The second-order valence-corrected chi connectivity index (χ2v) is 11.5. The summed E-state index contributed by atoms with van der Waals surface area (Å²) in [6.45, 7) is 4.58. The number of benzene rings is 3. The summed E-state index contributed by atoms with van der Waals surface area (Å²) in [5, 5.41) is 3.32. The minimum atomic E-state index is -0.563. The molecule has 0 spiro atoms. The zero-order valence-corrected chi connectivity index (χ0v) is 23.5. The van der Waals surface area contributed by atoms with Gasteiger partial charge < -0.3 is 10.2 Å². The van der Waals surface area contributed by atoms with Gasteiger partial charge in [-0.2, -0.15) is 0 Å². The first-order valence-corrected chi connectivity index (χ1v) is 15.0. The Hall–Kier alpha value is -3.05. The fraction of sp³-hybridized carbons (Fsp3) is 0.394. The third-order valence-electron chi connectivity index (χ3n) is 7.44. The van der Waals surface area contributed by atoms with Crippen molar-refractivity contribution >= 4 is 23.6 Å². The van der Waals surface area contributed by atoms with Gasteiger partial charge in [0.05, 0.1) is 5.75 Å². The van der Waals surface area contributed by atoms with Crippen molar-refractivity contribution < 1.29 is 9.59 Å². The van der Waals surface area contributed by atoms with Crippen LogP contribution >= 0.6 is 11.8 Å². The predicted molar refractivity (Wildman–Crippen MR) is 158 cm³/mol. The molecule has 0 aromatic heterocycles. The first-order chi connectivity index (χ1) is 18.5.